The summed E-state index contributed by atoms with van der Waals surface area (Å²) < 4.78 is 59.8. The molecule has 0 bridgehead atoms. The summed E-state index contributed by atoms with van der Waals surface area (Å²) in [4.78, 5) is 23.9. The van der Waals surface area contributed by atoms with Crippen LogP contribution in [0.2, 0.25) is 0 Å². The van der Waals surface area contributed by atoms with E-state index in [1.165, 1.54) is 4.57 Å². The predicted octanol–water partition coefficient (Wildman–Crippen LogP) is 3.10. The topological polar surface area (TPSA) is 86.3 Å². The Morgan fingerprint density at radius 3 is 2.54 bits per heavy atom. The average Bonchev–Trinajstić information content (AvgIpc) is 3.39. The second kappa shape index (κ2) is 6.95. The molecule has 0 radical (unpaired) electrons. The van der Waals surface area contributed by atoms with E-state index in [0.29, 0.717) is 18.8 Å². The zero-order valence-corrected chi connectivity index (χ0v) is 15.0. The molecule has 1 saturated carbocycles. The summed E-state index contributed by atoms with van der Waals surface area (Å²) in [7, 11) is 0. The molecule has 11 heteroatoms. The van der Waals surface area contributed by atoms with Gasteiger partial charge in [0.1, 0.15) is 28.6 Å². The summed E-state index contributed by atoms with van der Waals surface area (Å²) >= 11 is 0. The number of carboxylic acid groups (broad SMARTS) is 1. The fourth-order valence-electron chi connectivity index (χ4n) is 2.74. The fraction of sp³-hybridized carbons (Fsp3) is 0.471. The average molecular weight is 403 g/mol. The molecule has 0 aliphatic heterocycles. The van der Waals surface area contributed by atoms with Crippen LogP contribution < -0.4 is 10.4 Å². The first-order chi connectivity index (χ1) is 13.0. The lowest BCUT2D eigenvalue weighted by Gasteiger charge is -2.19. The van der Waals surface area contributed by atoms with Gasteiger partial charge in [0.15, 0.2) is 6.10 Å². The van der Waals surface area contributed by atoms with Gasteiger partial charge in [-0.15, -0.1) is 5.10 Å². The maximum absolute atomic E-state index is 14.5. The lowest BCUT2D eigenvalue weighted by Crippen LogP contribution is -2.32. The first-order valence-corrected chi connectivity index (χ1v) is 8.54. The molecule has 0 unspecified atom stereocenters. The van der Waals surface area contributed by atoms with Gasteiger partial charge in [-0.3, -0.25) is 4.57 Å². The largest absolute Gasteiger partial charge is 0.480 e. The highest BCUT2D eigenvalue weighted by molar-refractivity contribution is 5.91. The Labute approximate surface area is 156 Å². The zero-order valence-electron chi connectivity index (χ0n) is 15.0. The van der Waals surface area contributed by atoms with Crippen molar-refractivity contribution in [3.63, 3.8) is 0 Å². The van der Waals surface area contributed by atoms with Crippen LogP contribution in [0.25, 0.3) is 5.69 Å². The highest BCUT2D eigenvalue weighted by atomic mass is 19.4. The quantitative estimate of drug-likeness (QED) is 0.749. The monoisotopic (exact) mass is 403 g/mol. The van der Waals surface area contributed by atoms with Crippen LogP contribution in [-0.2, 0) is 6.54 Å². The Hall–Kier alpha value is -2.85. The number of ether oxygens (including phenoxy) is 1. The summed E-state index contributed by atoms with van der Waals surface area (Å²) in [5.74, 6) is -2.97. The summed E-state index contributed by atoms with van der Waals surface area (Å²) in [6.45, 7) is 2.69. The smallest absolute Gasteiger partial charge is 0.425 e. The van der Waals surface area contributed by atoms with Crippen LogP contribution in [0.15, 0.2) is 16.9 Å². The van der Waals surface area contributed by atoms with E-state index < -0.39 is 46.8 Å². The molecular weight excluding hydrogens is 386 g/mol. The van der Waals surface area contributed by atoms with Crippen molar-refractivity contribution in [3.8, 4) is 11.4 Å². The minimum atomic E-state index is -4.76. The van der Waals surface area contributed by atoms with Gasteiger partial charge in [0.05, 0.1) is 0 Å². The number of carboxylic acids is 1. The summed E-state index contributed by atoms with van der Waals surface area (Å²) in [6.07, 6.45) is -5.44. The van der Waals surface area contributed by atoms with Gasteiger partial charge in [-0.05, 0) is 32.8 Å². The fourth-order valence-corrected chi connectivity index (χ4v) is 2.74. The molecule has 3 rings (SSSR count). The number of aromatic carboxylic acids is 1. The van der Waals surface area contributed by atoms with Gasteiger partial charge in [-0.25, -0.2) is 14.0 Å². The van der Waals surface area contributed by atoms with Crippen LogP contribution >= 0.6 is 0 Å². The predicted molar refractivity (Wildman–Crippen MR) is 88.5 cm³/mol. The first kappa shape index (κ1) is 19.9. The molecular formula is C17H17F4N3O4. The molecule has 0 spiro atoms. The van der Waals surface area contributed by atoms with Crippen LogP contribution in [0, 0.1) is 5.82 Å². The maximum atomic E-state index is 14.5. The van der Waals surface area contributed by atoms with E-state index in [4.69, 9.17) is 4.74 Å². The number of carbonyl (C=O) groups is 1. The van der Waals surface area contributed by atoms with Gasteiger partial charge in [0, 0.05) is 18.5 Å². The lowest BCUT2D eigenvalue weighted by atomic mass is 10.1. The van der Waals surface area contributed by atoms with Crippen molar-refractivity contribution in [2.45, 2.75) is 51.4 Å². The van der Waals surface area contributed by atoms with E-state index in [-0.39, 0.29) is 12.5 Å². The first-order valence-electron chi connectivity index (χ1n) is 8.54. The van der Waals surface area contributed by atoms with Crippen molar-refractivity contribution in [2.24, 2.45) is 0 Å². The van der Waals surface area contributed by atoms with Gasteiger partial charge in [0.2, 0.25) is 0 Å². The molecule has 0 saturated heterocycles. The molecule has 1 aliphatic rings. The molecule has 2 aromatic rings. The molecule has 1 N–H and O–H groups in total. The molecule has 7 nitrogen and oxygen atoms in total. The Balaban J connectivity index is 2.13. The van der Waals surface area contributed by atoms with E-state index >= 15 is 0 Å². The lowest BCUT2D eigenvalue weighted by molar-refractivity contribution is -0.189. The molecule has 1 aromatic carbocycles. The molecule has 1 atom stereocenters. The van der Waals surface area contributed by atoms with E-state index in [2.05, 4.69) is 5.10 Å². The minimum Gasteiger partial charge on any atom is -0.480 e. The molecule has 28 heavy (non-hydrogen) atoms. The van der Waals surface area contributed by atoms with Gasteiger partial charge in [-0.1, -0.05) is 0 Å². The van der Waals surface area contributed by atoms with Crippen LogP contribution in [0.5, 0.6) is 5.75 Å². The highest BCUT2D eigenvalue weighted by Gasteiger charge is 2.39. The van der Waals surface area contributed by atoms with Crippen molar-refractivity contribution in [1.29, 1.82) is 0 Å². The second-order valence-electron chi connectivity index (χ2n) is 6.48. The van der Waals surface area contributed by atoms with Gasteiger partial charge in [-0.2, -0.15) is 17.9 Å². The molecule has 0 amide bonds. The van der Waals surface area contributed by atoms with Crippen molar-refractivity contribution in [3.05, 3.63) is 39.8 Å². The van der Waals surface area contributed by atoms with Gasteiger partial charge in [0.25, 0.3) is 0 Å². The number of aromatic nitrogens is 3. The van der Waals surface area contributed by atoms with E-state index in [9.17, 15) is 32.3 Å². The third-order valence-electron chi connectivity index (χ3n) is 4.42. The van der Waals surface area contributed by atoms with Crippen molar-refractivity contribution in [1.82, 2.24) is 14.3 Å². The van der Waals surface area contributed by atoms with Crippen molar-refractivity contribution in [2.75, 3.05) is 0 Å². The van der Waals surface area contributed by atoms with E-state index in [1.807, 2.05) is 0 Å². The summed E-state index contributed by atoms with van der Waals surface area (Å²) in [6, 6.07) is 1.27. The molecule has 1 fully saturated rings. The summed E-state index contributed by atoms with van der Waals surface area (Å²) in [5, 5.41) is 13.3. The van der Waals surface area contributed by atoms with Gasteiger partial charge < -0.3 is 9.84 Å². The molecule has 1 aliphatic carbocycles. The number of hydrogen-bond acceptors (Lipinski definition) is 4. The molecule has 1 heterocycles. The number of rotatable bonds is 6. The number of halogens is 4. The van der Waals surface area contributed by atoms with Gasteiger partial charge >= 0.3 is 17.8 Å². The Morgan fingerprint density at radius 2 is 2.04 bits per heavy atom. The molecule has 1 aromatic heterocycles. The van der Waals surface area contributed by atoms with E-state index in [0.717, 1.165) is 23.6 Å². The molecule has 152 valence electrons. The third-order valence-corrected chi connectivity index (χ3v) is 4.42. The SMILES string of the molecule is CCn1c(C2CC2)nn(-c2cc(O[C@@H](C)C(F)(F)F)c(C(=O)O)cc2F)c1=O. The zero-order chi connectivity index (χ0) is 20.8. The van der Waals surface area contributed by atoms with Crippen LogP contribution in [0.4, 0.5) is 17.6 Å². The highest BCUT2D eigenvalue weighted by Crippen LogP contribution is 2.39. The minimum absolute atomic E-state index is 0.0660. The van der Waals surface area contributed by atoms with Crippen molar-refractivity contribution >= 4 is 5.97 Å². The third kappa shape index (κ3) is 3.60. The van der Waals surface area contributed by atoms with E-state index in [1.54, 1.807) is 6.92 Å². The van der Waals surface area contributed by atoms with Crippen LogP contribution in [0.1, 0.15) is 48.8 Å². The standard InChI is InChI=1S/C17H17F4N3O4/c1-3-23-14(9-4-5-9)22-24(16(23)27)12-7-13(28-8(2)17(19,20)21)10(15(25)26)6-11(12)18/h6-9H,3-5H2,1-2H3,(H,25,26)/t8-/m0/s1. The number of hydrogen-bond donors (Lipinski definition) is 1. The van der Waals surface area contributed by atoms with Crippen LogP contribution in [0.3, 0.4) is 0 Å². The normalized spacial score (nSPS) is 15.5. The number of alkyl halides is 3. The number of nitrogens with zero attached hydrogens (tertiary/aromatic N) is 3. The Kier molecular flexibility index (Phi) is 4.94. The second-order valence-corrected chi connectivity index (χ2v) is 6.48. The maximum Gasteiger partial charge on any atom is 0.425 e. The number of benzene rings is 1. The van der Waals surface area contributed by atoms with Crippen molar-refractivity contribution < 1.29 is 32.2 Å². The Morgan fingerprint density at radius 1 is 1.39 bits per heavy atom. The van der Waals surface area contributed by atoms with Crippen LogP contribution in [-0.4, -0.2) is 37.7 Å². The Bertz CT molecular complexity index is 976. The summed E-state index contributed by atoms with van der Waals surface area (Å²) in [5.41, 5.74) is -1.93.